The highest BCUT2D eigenvalue weighted by Gasteiger charge is 1.91. The van der Waals surface area contributed by atoms with E-state index in [0.717, 1.165) is 0 Å². The Kier molecular flexibility index (Phi) is 1.85. The fourth-order valence-corrected chi connectivity index (χ4v) is 0.647. The van der Waals surface area contributed by atoms with Crippen molar-refractivity contribution in [2.75, 3.05) is 0 Å². The Morgan fingerprint density at radius 3 is 3.11 bits per heavy atom. The van der Waals surface area contributed by atoms with Gasteiger partial charge in [-0.15, -0.1) is 0 Å². The molecule has 1 aromatic rings. The van der Waals surface area contributed by atoms with E-state index in [1.165, 1.54) is 10.9 Å². The van der Waals surface area contributed by atoms with Crippen LogP contribution in [0.2, 0.25) is 5.02 Å². The number of hydrogen-bond donors (Lipinski definition) is 0. The molecule has 0 atom stereocenters. The molecule has 4 heteroatoms. The second-order valence-corrected chi connectivity index (χ2v) is 1.94. The molecule has 0 saturated heterocycles. The quantitative estimate of drug-likeness (QED) is 0.609. The van der Waals surface area contributed by atoms with Gasteiger partial charge in [0, 0.05) is 6.20 Å². The summed E-state index contributed by atoms with van der Waals surface area (Å²) in [4.78, 5) is 9.75. The zero-order valence-corrected chi connectivity index (χ0v) is 5.30. The monoisotopic (exact) mass is 143 g/mol. The fraction of sp³-hybridized carbons (Fsp3) is 0.200. The molecule has 0 aliphatic rings. The Morgan fingerprint density at radius 2 is 2.67 bits per heavy atom. The van der Waals surface area contributed by atoms with Gasteiger partial charge in [0.15, 0.2) is 0 Å². The lowest BCUT2D eigenvalue weighted by molar-refractivity contribution is 0.538. The Morgan fingerprint density at radius 1 is 1.89 bits per heavy atom. The molecule has 0 amide bonds. The van der Waals surface area contributed by atoms with Gasteiger partial charge in [-0.05, 0) is 0 Å². The van der Waals surface area contributed by atoms with Crippen LogP contribution in [0.1, 0.15) is 0 Å². The molecule has 0 bridgehead atoms. The minimum Gasteiger partial charge on any atom is -0.289 e. The minimum absolute atomic E-state index is 0.146. The third-order valence-electron chi connectivity index (χ3n) is 0.828. The Bertz CT molecular complexity index is 208. The van der Waals surface area contributed by atoms with Gasteiger partial charge in [-0.2, -0.15) is 5.10 Å². The van der Waals surface area contributed by atoms with Crippen LogP contribution in [0.5, 0.6) is 0 Å². The maximum Gasteiger partial charge on any atom is 0.221 e. The molecule has 47 valence electrons. The van der Waals surface area contributed by atoms with Gasteiger partial charge in [0.1, 0.15) is 6.54 Å². The zero-order valence-electron chi connectivity index (χ0n) is 4.54. The summed E-state index contributed by atoms with van der Waals surface area (Å²) in [5.41, 5.74) is 0. The van der Waals surface area contributed by atoms with Crippen LogP contribution in [0.4, 0.5) is 0 Å². The van der Waals surface area contributed by atoms with Crippen LogP contribution in [-0.4, -0.2) is 16.1 Å². The molecule has 1 rings (SSSR count). The summed E-state index contributed by atoms with van der Waals surface area (Å²) in [6, 6.07) is 0. The zero-order chi connectivity index (χ0) is 6.69. The molecule has 0 spiro atoms. The molecule has 1 aromatic heterocycles. The molecule has 1 heterocycles. The van der Waals surface area contributed by atoms with Crippen molar-refractivity contribution in [3.8, 4) is 0 Å². The van der Waals surface area contributed by atoms with Gasteiger partial charge < -0.3 is 0 Å². The van der Waals surface area contributed by atoms with Gasteiger partial charge in [-0.3, -0.25) is 9.48 Å². The van der Waals surface area contributed by atoms with Crippen LogP contribution in [0, 0.1) is 0 Å². The van der Waals surface area contributed by atoms with Crippen molar-refractivity contribution >= 4 is 17.9 Å². The third-order valence-corrected chi connectivity index (χ3v) is 1.02. The number of aromatic nitrogens is 2. The predicted octanol–water partition coefficient (Wildman–Crippen LogP) is 0.646. The van der Waals surface area contributed by atoms with Crippen LogP contribution >= 0.6 is 11.6 Å². The molecule has 0 aliphatic carbocycles. The molecule has 1 radical (unpaired) electrons. The number of hydrogen-bond acceptors (Lipinski definition) is 2. The largest absolute Gasteiger partial charge is 0.289 e. The molecule has 0 aliphatic heterocycles. The first-order valence-electron chi connectivity index (χ1n) is 2.36. The first kappa shape index (κ1) is 6.29. The Labute approximate surface area is 57.2 Å². The van der Waals surface area contributed by atoms with E-state index >= 15 is 0 Å². The van der Waals surface area contributed by atoms with Crippen LogP contribution in [0.25, 0.3) is 0 Å². The summed E-state index contributed by atoms with van der Waals surface area (Å²) in [5, 5.41) is 4.26. The highest BCUT2D eigenvalue weighted by atomic mass is 35.5. The lowest BCUT2D eigenvalue weighted by Crippen LogP contribution is -1.97. The van der Waals surface area contributed by atoms with E-state index in [4.69, 9.17) is 11.6 Å². The second-order valence-electron chi connectivity index (χ2n) is 1.50. The van der Waals surface area contributed by atoms with E-state index in [-0.39, 0.29) is 6.54 Å². The standard InChI is InChI=1S/C5H4ClN2O/c6-5-3-7-8(4-5)1-2-9/h3-4H,1H2. The summed E-state index contributed by atoms with van der Waals surface area (Å²) in [7, 11) is 0. The van der Waals surface area contributed by atoms with Gasteiger partial charge in [0.2, 0.25) is 6.29 Å². The van der Waals surface area contributed by atoms with E-state index in [0.29, 0.717) is 5.02 Å². The molecule has 0 saturated carbocycles. The van der Waals surface area contributed by atoms with E-state index in [9.17, 15) is 4.79 Å². The minimum atomic E-state index is 0.146. The van der Waals surface area contributed by atoms with E-state index in [1.54, 1.807) is 12.5 Å². The smallest absolute Gasteiger partial charge is 0.221 e. The molecule has 3 nitrogen and oxygen atoms in total. The van der Waals surface area contributed by atoms with Crippen LogP contribution in [-0.2, 0) is 11.3 Å². The molecular weight excluding hydrogens is 140 g/mol. The summed E-state index contributed by atoms with van der Waals surface area (Å²) >= 11 is 5.48. The van der Waals surface area contributed by atoms with Crippen molar-refractivity contribution in [3.05, 3.63) is 17.4 Å². The van der Waals surface area contributed by atoms with E-state index in [1.807, 2.05) is 0 Å². The summed E-state index contributed by atoms with van der Waals surface area (Å²) in [6.45, 7) is 0.146. The van der Waals surface area contributed by atoms with Crippen LogP contribution in [0.3, 0.4) is 0 Å². The van der Waals surface area contributed by atoms with Gasteiger partial charge >= 0.3 is 0 Å². The van der Waals surface area contributed by atoms with Crippen molar-refractivity contribution in [2.24, 2.45) is 0 Å². The SMILES string of the molecule is O=[C]Cn1cc(Cl)cn1. The number of halogens is 1. The summed E-state index contributed by atoms with van der Waals surface area (Å²) in [6.07, 6.45) is 4.72. The van der Waals surface area contributed by atoms with Crippen molar-refractivity contribution in [1.29, 1.82) is 0 Å². The number of nitrogens with zero attached hydrogens (tertiary/aromatic N) is 2. The topological polar surface area (TPSA) is 34.9 Å². The number of carbonyl (C=O) groups excluding carboxylic acids is 1. The Balaban J connectivity index is 2.72. The predicted molar refractivity (Wildman–Crippen MR) is 32.9 cm³/mol. The van der Waals surface area contributed by atoms with Gasteiger partial charge in [-0.25, -0.2) is 0 Å². The molecule has 0 N–H and O–H groups in total. The third kappa shape index (κ3) is 1.54. The van der Waals surface area contributed by atoms with Crippen LogP contribution in [0.15, 0.2) is 12.4 Å². The van der Waals surface area contributed by atoms with Gasteiger partial charge in [-0.1, -0.05) is 11.6 Å². The maximum atomic E-state index is 9.75. The lowest BCUT2D eigenvalue weighted by Gasteiger charge is -1.86. The average Bonchev–Trinajstić information content (AvgIpc) is 2.17. The summed E-state index contributed by atoms with van der Waals surface area (Å²) < 4.78 is 1.41. The van der Waals surface area contributed by atoms with Crippen molar-refractivity contribution in [2.45, 2.75) is 6.54 Å². The van der Waals surface area contributed by atoms with E-state index < -0.39 is 0 Å². The van der Waals surface area contributed by atoms with Gasteiger partial charge in [0.05, 0.1) is 11.2 Å². The summed E-state index contributed by atoms with van der Waals surface area (Å²) in [5.74, 6) is 0. The lowest BCUT2D eigenvalue weighted by atomic mass is 10.7. The van der Waals surface area contributed by atoms with Crippen molar-refractivity contribution in [3.63, 3.8) is 0 Å². The fourth-order valence-electron chi connectivity index (χ4n) is 0.491. The number of rotatable bonds is 2. The van der Waals surface area contributed by atoms with E-state index in [2.05, 4.69) is 5.10 Å². The van der Waals surface area contributed by atoms with Gasteiger partial charge in [0.25, 0.3) is 0 Å². The van der Waals surface area contributed by atoms with Crippen LogP contribution < -0.4 is 0 Å². The van der Waals surface area contributed by atoms with Crippen molar-refractivity contribution < 1.29 is 4.79 Å². The first-order valence-corrected chi connectivity index (χ1v) is 2.73. The molecule has 0 aromatic carbocycles. The highest BCUT2D eigenvalue weighted by Crippen LogP contribution is 2.03. The highest BCUT2D eigenvalue weighted by molar-refractivity contribution is 6.30. The molecular formula is C5H4ClN2O. The molecule has 0 unspecified atom stereocenters. The molecule has 0 fully saturated rings. The first-order chi connectivity index (χ1) is 4.33. The van der Waals surface area contributed by atoms with Crippen molar-refractivity contribution in [1.82, 2.24) is 9.78 Å². The maximum absolute atomic E-state index is 9.75. The second kappa shape index (κ2) is 2.64. The Hall–Kier alpha value is -0.830. The normalized spacial score (nSPS) is 9.44. The molecule has 9 heavy (non-hydrogen) atoms. The average molecular weight is 144 g/mol.